The first-order chi connectivity index (χ1) is 11.9. The van der Waals surface area contributed by atoms with Gasteiger partial charge in [-0.05, 0) is 39.5 Å². The van der Waals surface area contributed by atoms with Crippen molar-refractivity contribution in [3.63, 3.8) is 0 Å². The number of methoxy groups -OCH3 is 1. The number of ether oxygens (including phenoxy) is 4. The molecule has 2 aliphatic rings. The fourth-order valence-electron chi connectivity index (χ4n) is 5.04. The van der Waals surface area contributed by atoms with Crippen LogP contribution in [0.5, 0.6) is 0 Å². The number of fused-ring (bicyclic) bond motifs is 1. The summed E-state index contributed by atoms with van der Waals surface area (Å²) in [5.41, 5.74) is -1.08. The van der Waals surface area contributed by atoms with Gasteiger partial charge in [-0.1, -0.05) is 32.3 Å². The van der Waals surface area contributed by atoms with Crippen LogP contribution < -0.4 is 0 Å². The van der Waals surface area contributed by atoms with Gasteiger partial charge in [-0.15, -0.1) is 0 Å². The Morgan fingerprint density at radius 3 is 2.24 bits per heavy atom. The topological polar surface area (TPSA) is 54.0 Å². The number of hydrogen-bond acceptors (Lipinski definition) is 5. The van der Waals surface area contributed by atoms with Crippen LogP contribution in [0.4, 0.5) is 0 Å². The van der Waals surface area contributed by atoms with Crippen molar-refractivity contribution in [1.29, 1.82) is 0 Å². The van der Waals surface area contributed by atoms with E-state index in [9.17, 15) is 4.79 Å². The molecule has 0 saturated heterocycles. The summed E-state index contributed by atoms with van der Waals surface area (Å²) in [7, 11) is 1.66. The van der Waals surface area contributed by atoms with E-state index in [1.54, 1.807) is 7.11 Å². The molecule has 0 radical (unpaired) electrons. The van der Waals surface area contributed by atoms with Crippen LogP contribution in [0.15, 0.2) is 12.7 Å². The van der Waals surface area contributed by atoms with Gasteiger partial charge >= 0.3 is 5.97 Å². The zero-order chi connectivity index (χ0) is 18.4. The summed E-state index contributed by atoms with van der Waals surface area (Å²) in [6.45, 7) is 8.96. The molecule has 0 aliphatic heterocycles. The molecule has 5 nitrogen and oxygen atoms in total. The minimum Gasteiger partial charge on any atom is -0.456 e. The van der Waals surface area contributed by atoms with E-state index in [-0.39, 0.29) is 23.8 Å². The van der Waals surface area contributed by atoms with Crippen molar-refractivity contribution in [2.75, 3.05) is 27.1 Å². The zero-order valence-corrected chi connectivity index (χ0v) is 16.1. The van der Waals surface area contributed by atoms with Gasteiger partial charge in [0.25, 0.3) is 0 Å². The predicted octanol–water partition coefficient (Wildman–Crippen LogP) is 4.00. The van der Waals surface area contributed by atoms with Gasteiger partial charge < -0.3 is 18.9 Å². The molecule has 25 heavy (non-hydrogen) atoms. The van der Waals surface area contributed by atoms with Crippen molar-refractivity contribution in [1.82, 2.24) is 0 Å². The Bertz CT molecular complexity index is 445. The molecule has 0 aromatic rings. The van der Waals surface area contributed by atoms with Gasteiger partial charge in [0, 0.05) is 18.6 Å². The Kier molecular flexibility index (Phi) is 7.06. The third-order valence-corrected chi connectivity index (χ3v) is 6.27. The second-order valence-corrected chi connectivity index (χ2v) is 7.79. The number of hydrogen-bond donors (Lipinski definition) is 0. The highest BCUT2D eigenvalue weighted by atomic mass is 16.7. The predicted molar refractivity (Wildman–Crippen MR) is 96.2 cm³/mol. The van der Waals surface area contributed by atoms with Gasteiger partial charge in [0.05, 0.1) is 18.8 Å². The lowest BCUT2D eigenvalue weighted by Gasteiger charge is -2.61. The summed E-state index contributed by atoms with van der Waals surface area (Å²) in [6, 6.07) is 0. The average molecular weight is 354 g/mol. The first-order valence-electron chi connectivity index (χ1n) is 9.49. The summed E-state index contributed by atoms with van der Waals surface area (Å²) in [6.07, 6.45) is 9.85. The summed E-state index contributed by atoms with van der Waals surface area (Å²) < 4.78 is 22.9. The molecular weight excluding hydrogens is 320 g/mol. The molecule has 0 unspecified atom stereocenters. The van der Waals surface area contributed by atoms with E-state index in [1.807, 2.05) is 13.8 Å². The van der Waals surface area contributed by atoms with Crippen molar-refractivity contribution in [2.45, 2.75) is 76.4 Å². The number of carbonyl (C=O) groups is 1. The molecule has 2 aliphatic carbocycles. The zero-order valence-electron chi connectivity index (χ0n) is 16.1. The van der Waals surface area contributed by atoms with Crippen molar-refractivity contribution < 1.29 is 23.7 Å². The largest absolute Gasteiger partial charge is 0.456 e. The van der Waals surface area contributed by atoms with Crippen LogP contribution in [-0.2, 0) is 23.7 Å². The molecule has 0 N–H and O–H groups in total. The summed E-state index contributed by atoms with van der Waals surface area (Å²) in [4.78, 5) is 12.0. The fraction of sp³-hybridized carbons (Fsp3) is 0.850. The quantitative estimate of drug-likeness (QED) is 0.271. The maximum Gasteiger partial charge on any atom is 0.330 e. The lowest BCUT2D eigenvalue weighted by atomic mass is 9.50. The van der Waals surface area contributed by atoms with E-state index in [4.69, 9.17) is 18.9 Å². The van der Waals surface area contributed by atoms with E-state index in [2.05, 4.69) is 6.58 Å². The van der Waals surface area contributed by atoms with E-state index in [0.717, 1.165) is 51.4 Å². The van der Waals surface area contributed by atoms with Gasteiger partial charge in [-0.2, -0.15) is 0 Å². The summed E-state index contributed by atoms with van der Waals surface area (Å²) in [5.74, 6) is -0.360. The van der Waals surface area contributed by atoms with Crippen LogP contribution in [0.25, 0.3) is 0 Å². The second kappa shape index (κ2) is 8.65. The Morgan fingerprint density at radius 1 is 1.08 bits per heavy atom. The van der Waals surface area contributed by atoms with Crippen LogP contribution in [0.2, 0.25) is 0 Å². The Hall–Kier alpha value is -0.910. The minimum absolute atomic E-state index is 0.181. The van der Waals surface area contributed by atoms with Gasteiger partial charge in [-0.25, -0.2) is 4.79 Å². The first-order valence-corrected chi connectivity index (χ1v) is 9.49. The third kappa shape index (κ3) is 4.09. The third-order valence-electron chi connectivity index (χ3n) is 6.27. The normalized spacial score (nSPS) is 29.7. The smallest absolute Gasteiger partial charge is 0.330 e. The first kappa shape index (κ1) is 20.4. The fourth-order valence-corrected chi connectivity index (χ4v) is 5.04. The summed E-state index contributed by atoms with van der Waals surface area (Å²) in [5, 5.41) is 0. The average Bonchev–Trinajstić information content (AvgIpc) is 2.60. The highest BCUT2D eigenvalue weighted by Crippen LogP contribution is 2.61. The molecule has 0 aromatic carbocycles. The molecule has 0 bridgehead atoms. The summed E-state index contributed by atoms with van der Waals surface area (Å²) >= 11 is 0. The SMILES string of the molecule is C=CC(=O)OC(C)(C)[C@]12CCCC[C@@]1(OCOCCOC)CCCC2. The Labute approximate surface area is 152 Å². The highest BCUT2D eigenvalue weighted by molar-refractivity contribution is 5.81. The molecule has 2 fully saturated rings. The van der Waals surface area contributed by atoms with Crippen molar-refractivity contribution in [2.24, 2.45) is 5.41 Å². The van der Waals surface area contributed by atoms with Gasteiger partial charge in [0.2, 0.25) is 0 Å². The van der Waals surface area contributed by atoms with Crippen LogP contribution in [0.1, 0.15) is 65.2 Å². The van der Waals surface area contributed by atoms with Crippen LogP contribution in [-0.4, -0.2) is 44.3 Å². The van der Waals surface area contributed by atoms with E-state index >= 15 is 0 Å². The molecule has 5 heteroatoms. The molecule has 2 saturated carbocycles. The minimum atomic E-state index is -0.606. The second-order valence-electron chi connectivity index (χ2n) is 7.79. The molecule has 0 heterocycles. The van der Waals surface area contributed by atoms with Crippen molar-refractivity contribution >= 4 is 5.97 Å². The van der Waals surface area contributed by atoms with Crippen LogP contribution in [0.3, 0.4) is 0 Å². The van der Waals surface area contributed by atoms with Crippen LogP contribution >= 0.6 is 0 Å². The van der Waals surface area contributed by atoms with E-state index in [0.29, 0.717) is 13.2 Å². The maximum atomic E-state index is 12.0. The number of carbonyl (C=O) groups excluding carboxylic acids is 1. The van der Waals surface area contributed by atoms with Crippen molar-refractivity contribution in [3.05, 3.63) is 12.7 Å². The van der Waals surface area contributed by atoms with E-state index < -0.39 is 5.60 Å². The molecule has 0 atom stereocenters. The van der Waals surface area contributed by atoms with E-state index in [1.165, 1.54) is 6.08 Å². The lowest BCUT2D eigenvalue weighted by molar-refractivity contribution is -0.275. The monoisotopic (exact) mass is 354 g/mol. The molecule has 0 aromatic heterocycles. The molecule has 0 spiro atoms. The van der Waals surface area contributed by atoms with Gasteiger partial charge in [-0.3, -0.25) is 0 Å². The number of rotatable bonds is 9. The van der Waals surface area contributed by atoms with Gasteiger partial charge in [0.15, 0.2) is 0 Å². The standard InChI is InChI=1S/C20H34O5/c1-5-17(21)25-18(2,3)19-10-6-8-12-20(19,13-9-7-11-19)24-16-23-15-14-22-4/h5H,1,6-16H2,2-4H3/t19-,20-. The maximum absolute atomic E-state index is 12.0. The molecular formula is C20H34O5. The van der Waals surface area contributed by atoms with Gasteiger partial charge in [0.1, 0.15) is 12.4 Å². The Balaban J connectivity index is 2.22. The molecule has 0 amide bonds. The Morgan fingerprint density at radius 2 is 1.68 bits per heavy atom. The number of esters is 1. The molecule has 2 rings (SSSR count). The van der Waals surface area contributed by atoms with Crippen LogP contribution in [0, 0.1) is 5.41 Å². The highest BCUT2D eigenvalue weighted by Gasteiger charge is 2.63. The van der Waals surface area contributed by atoms with Crippen molar-refractivity contribution in [3.8, 4) is 0 Å². The molecule has 144 valence electrons. The lowest BCUT2D eigenvalue weighted by Crippen LogP contribution is -2.65.